The van der Waals surface area contributed by atoms with E-state index in [4.69, 9.17) is 12.2 Å². The lowest BCUT2D eigenvalue weighted by molar-refractivity contribution is 1.14. The van der Waals surface area contributed by atoms with Crippen LogP contribution in [0.5, 0.6) is 0 Å². The molecule has 0 aliphatic rings. The number of hydrogen-bond acceptors (Lipinski definition) is 2. The van der Waals surface area contributed by atoms with Gasteiger partial charge in [-0.2, -0.15) is 0 Å². The van der Waals surface area contributed by atoms with Crippen LogP contribution in [-0.2, 0) is 0 Å². The lowest BCUT2D eigenvalue weighted by atomic mass is 10.1. The zero-order valence-electron chi connectivity index (χ0n) is 11.4. The van der Waals surface area contributed by atoms with E-state index in [1.165, 1.54) is 0 Å². The van der Waals surface area contributed by atoms with Crippen LogP contribution in [0.25, 0.3) is 22.6 Å². The Kier molecular flexibility index (Phi) is 3.99. The van der Waals surface area contributed by atoms with Crippen molar-refractivity contribution < 1.29 is 0 Å². The molecule has 1 heterocycles. The van der Waals surface area contributed by atoms with Gasteiger partial charge in [0.05, 0.1) is 10.2 Å². The van der Waals surface area contributed by atoms with Crippen molar-refractivity contribution in [2.24, 2.45) is 0 Å². The van der Waals surface area contributed by atoms with Crippen LogP contribution in [0.4, 0.5) is 0 Å². The molecule has 104 valence electrons. The molecule has 0 fully saturated rings. The van der Waals surface area contributed by atoms with Crippen molar-refractivity contribution in [2.45, 2.75) is 6.92 Å². The molecule has 0 saturated heterocycles. The third-order valence-corrected chi connectivity index (χ3v) is 4.66. The van der Waals surface area contributed by atoms with Gasteiger partial charge in [0.1, 0.15) is 10.5 Å². The van der Waals surface area contributed by atoms with E-state index in [0.29, 0.717) is 4.64 Å². The second-order valence-corrected chi connectivity index (χ2v) is 5.94. The van der Waals surface area contributed by atoms with Crippen molar-refractivity contribution in [3.8, 4) is 22.6 Å². The predicted molar refractivity (Wildman–Crippen MR) is 92.7 cm³/mol. The van der Waals surface area contributed by atoms with Crippen molar-refractivity contribution >= 4 is 28.1 Å². The first-order valence-corrected chi connectivity index (χ1v) is 7.78. The van der Waals surface area contributed by atoms with Crippen LogP contribution in [-0.4, -0.2) is 9.97 Å². The maximum absolute atomic E-state index is 5.39. The van der Waals surface area contributed by atoms with Gasteiger partial charge in [-0.1, -0.05) is 66.8 Å². The first-order valence-electron chi connectivity index (χ1n) is 6.58. The molecule has 0 amide bonds. The molecule has 0 radical (unpaired) electrons. The van der Waals surface area contributed by atoms with Crippen LogP contribution in [0.15, 0.2) is 59.1 Å². The summed E-state index contributed by atoms with van der Waals surface area (Å²) >= 11 is 8.94. The average molecular weight is 357 g/mol. The Balaban J connectivity index is 2.24. The minimum absolute atomic E-state index is 0.561. The highest BCUT2D eigenvalue weighted by Gasteiger charge is 2.10. The minimum atomic E-state index is 0.561. The van der Waals surface area contributed by atoms with Crippen molar-refractivity contribution in [2.75, 3.05) is 0 Å². The molecule has 4 heteroatoms. The number of rotatable bonds is 2. The summed E-state index contributed by atoms with van der Waals surface area (Å²) in [7, 11) is 0. The number of aryl methyl sites for hydroxylation is 1. The highest BCUT2D eigenvalue weighted by molar-refractivity contribution is 9.10. The standard InChI is InChI=1S/C17H13BrN2S/c1-11-7-5-6-10-13(11)16-19-15(14(18)17(21)20-16)12-8-3-2-4-9-12/h2-10H,1H3,(H,19,20,21). The summed E-state index contributed by atoms with van der Waals surface area (Å²) in [5, 5.41) is 0. The van der Waals surface area contributed by atoms with Gasteiger partial charge in [0.25, 0.3) is 0 Å². The van der Waals surface area contributed by atoms with Gasteiger partial charge in [0, 0.05) is 5.56 Å². The Morgan fingerprint density at radius 2 is 1.67 bits per heavy atom. The summed E-state index contributed by atoms with van der Waals surface area (Å²) < 4.78 is 1.38. The topological polar surface area (TPSA) is 28.7 Å². The number of nitrogens with one attached hydrogen (secondary N) is 1. The molecule has 3 rings (SSSR count). The molecule has 3 aromatic rings. The molecule has 0 bridgehead atoms. The van der Waals surface area contributed by atoms with Crippen molar-refractivity contribution in [3.63, 3.8) is 0 Å². The Morgan fingerprint density at radius 3 is 2.38 bits per heavy atom. The van der Waals surface area contributed by atoms with E-state index in [2.05, 4.69) is 38.9 Å². The number of hydrogen-bond donors (Lipinski definition) is 1. The molecule has 1 aromatic heterocycles. The summed E-state index contributed by atoms with van der Waals surface area (Å²) in [6.07, 6.45) is 0. The van der Waals surface area contributed by atoms with Crippen LogP contribution in [0, 0.1) is 11.6 Å². The van der Waals surface area contributed by atoms with Crippen molar-refractivity contribution in [3.05, 3.63) is 69.3 Å². The number of benzene rings is 2. The van der Waals surface area contributed by atoms with Gasteiger partial charge in [-0.15, -0.1) is 0 Å². The molecular weight excluding hydrogens is 344 g/mol. The average Bonchev–Trinajstić information content (AvgIpc) is 2.51. The van der Waals surface area contributed by atoms with Gasteiger partial charge in [0.15, 0.2) is 0 Å². The number of aromatic nitrogens is 2. The zero-order chi connectivity index (χ0) is 14.8. The summed E-state index contributed by atoms with van der Waals surface area (Å²) in [5.41, 5.74) is 4.26. The molecule has 2 nitrogen and oxygen atoms in total. The number of nitrogens with zero attached hydrogens (tertiary/aromatic N) is 1. The molecule has 0 spiro atoms. The molecular formula is C17H13BrN2S. The summed E-state index contributed by atoms with van der Waals surface area (Å²) in [6, 6.07) is 18.2. The Labute approximate surface area is 137 Å². The number of aromatic amines is 1. The first-order chi connectivity index (χ1) is 10.2. The smallest absolute Gasteiger partial charge is 0.144 e. The van der Waals surface area contributed by atoms with Crippen LogP contribution in [0.1, 0.15) is 5.56 Å². The first kappa shape index (κ1) is 14.2. The quantitative estimate of drug-likeness (QED) is 0.610. The van der Waals surface area contributed by atoms with E-state index >= 15 is 0 Å². The number of halogens is 1. The SMILES string of the molecule is Cc1ccccc1-c1nc(=S)c(Br)c(-c2ccccc2)[nH]1. The molecule has 21 heavy (non-hydrogen) atoms. The monoisotopic (exact) mass is 356 g/mol. The molecule has 0 aliphatic heterocycles. The van der Waals surface area contributed by atoms with Gasteiger partial charge < -0.3 is 4.98 Å². The van der Waals surface area contributed by atoms with Crippen LogP contribution in [0.3, 0.4) is 0 Å². The van der Waals surface area contributed by atoms with Gasteiger partial charge >= 0.3 is 0 Å². The Hall–Kier alpha value is -1.78. The zero-order valence-corrected chi connectivity index (χ0v) is 13.8. The second kappa shape index (κ2) is 5.92. The summed E-state index contributed by atoms with van der Waals surface area (Å²) in [4.78, 5) is 7.90. The van der Waals surface area contributed by atoms with Crippen LogP contribution in [0.2, 0.25) is 0 Å². The summed E-state index contributed by atoms with van der Waals surface area (Å²) in [5.74, 6) is 0.792. The fraction of sp³-hybridized carbons (Fsp3) is 0.0588. The fourth-order valence-electron chi connectivity index (χ4n) is 2.23. The van der Waals surface area contributed by atoms with Gasteiger partial charge in [0.2, 0.25) is 0 Å². The van der Waals surface area contributed by atoms with E-state index in [0.717, 1.165) is 32.7 Å². The van der Waals surface area contributed by atoms with E-state index in [1.54, 1.807) is 0 Å². The molecule has 0 aliphatic carbocycles. The van der Waals surface area contributed by atoms with E-state index < -0.39 is 0 Å². The predicted octanol–water partition coefficient (Wildman–Crippen LogP) is 5.54. The minimum Gasteiger partial charge on any atom is -0.338 e. The highest BCUT2D eigenvalue weighted by atomic mass is 79.9. The normalized spacial score (nSPS) is 10.6. The van der Waals surface area contributed by atoms with E-state index in [1.807, 2.05) is 48.5 Å². The molecule has 0 atom stereocenters. The van der Waals surface area contributed by atoms with Gasteiger partial charge in [-0.25, -0.2) is 4.98 Å². The summed E-state index contributed by atoms with van der Waals surface area (Å²) in [6.45, 7) is 2.07. The lowest BCUT2D eigenvalue weighted by Gasteiger charge is -2.10. The number of H-pyrrole nitrogens is 1. The van der Waals surface area contributed by atoms with Crippen molar-refractivity contribution in [1.29, 1.82) is 0 Å². The van der Waals surface area contributed by atoms with Gasteiger partial charge in [-0.05, 0) is 34.0 Å². The fourth-order valence-corrected chi connectivity index (χ4v) is 2.84. The molecule has 0 unspecified atom stereocenters. The van der Waals surface area contributed by atoms with Crippen LogP contribution < -0.4 is 0 Å². The van der Waals surface area contributed by atoms with Crippen molar-refractivity contribution in [1.82, 2.24) is 9.97 Å². The van der Waals surface area contributed by atoms with E-state index in [9.17, 15) is 0 Å². The maximum atomic E-state index is 5.39. The lowest BCUT2D eigenvalue weighted by Crippen LogP contribution is -1.96. The third kappa shape index (κ3) is 2.82. The third-order valence-electron chi connectivity index (χ3n) is 3.33. The highest BCUT2D eigenvalue weighted by Crippen LogP contribution is 2.29. The second-order valence-electron chi connectivity index (χ2n) is 4.76. The van der Waals surface area contributed by atoms with Gasteiger partial charge in [-0.3, -0.25) is 0 Å². The molecule has 2 aromatic carbocycles. The van der Waals surface area contributed by atoms with E-state index in [-0.39, 0.29) is 0 Å². The largest absolute Gasteiger partial charge is 0.338 e. The maximum Gasteiger partial charge on any atom is 0.144 e. The Morgan fingerprint density at radius 1 is 1.00 bits per heavy atom. The Bertz CT molecular complexity index is 841. The molecule has 1 N–H and O–H groups in total. The van der Waals surface area contributed by atoms with Crippen LogP contribution >= 0.6 is 28.1 Å². The molecule has 0 saturated carbocycles.